The molecule has 0 fully saturated rings. The van der Waals surface area contributed by atoms with Crippen molar-refractivity contribution in [3.63, 3.8) is 0 Å². The van der Waals surface area contributed by atoms with Gasteiger partial charge in [0.1, 0.15) is 5.75 Å². The average molecular weight is 350 g/mol. The molecule has 126 valence electrons. The number of phenolic OH excluding ortho intramolecular Hbond substituents is 1. The molecule has 0 saturated carbocycles. The Morgan fingerprint density at radius 3 is 1.76 bits per heavy atom. The van der Waals surface area contributed by atoms with Crippen LogP contribution in [0.4, 0.5) is 0 Å². The lowest BCUT2D eigenvalue weighted by Gasteiger charge is -2.13. The second-order valence-electron chi connectivity index (χ2n) is 5.59. The summed E-state index contributed by atoms with van der Waals surface area (Å²) in [5, 5.41) is 19.7. The van der Waals surface area contributed by atoms with Crippen LogP contribution in [0.5, 0.6) is 5.75 Å². The van der Waals surface area contributed by atoms with E-state index in [0.29, 0.717) is 5.75 Å². The number of carbonyl (C=O) groups is 1. The molecule has 0 spiro atoms. The molecule has 0 aromatic heterocycles. The Bertz CT molecular complexity index is 800. The third kappa shape index (κ3) is 4.22. The van der Waals surface area contributed by atoms with E-state index in [2.05, 4.69) is 0 Å². The largest absolute Gasteiger partial charge is 0.507 e. The summed E-state index contributed by atoms with van der Waals surface area (Å²) in [5.41, 5.74) is 3.36. The Balaban J connectivity index is 2.06. The molecule has 3 aromatic rings. The van der Waals surface area contributed by atoms with Gasteiger partial charge in [0.05, 0.1) is 6.42 Å². The number of phenols is 1. The lowest BCUT2D eigenvalue weighted by molar-refractivity contribution is -0.136. The zero-order chi connectivity index (χ0) is 17.6. The first-order chi connectivity index (χ1) is 12.1. The zero-order valence-corrected chi connectivity index (χ0v) is 14.4. The van der Waals surface area contributed by atoms with Crippen LogP contribution in [0.3, 0.4) is 0 Å². The standard InChI is InChI=1S/C21H18O3S/c22-20(23)11-12-25-17-13-18(15-7-3-1-4-8-15)21(24)19(14-17)16-9-5-2-6-10-16/h1-10,13-14,24H,11-12H2,(H,22,23). The maximum atomic E-state index is 10.8. The highest BCUT2D eigenvalue weighted by molar-refractivity contribution is 7.99. The van der Waals surface area contributed by atoms with Crippen molar-refractivity contribution in [3.05, 3.63) is 72.8 Å². The first-order valence-electron chi connectivity index (χ1n) is 7.97. The minimum atomic E-state index is -0.808. The van der Waals surface area contributed by atoms with Crippen LogP contribution < -0.4 is 0 Å². The van der Waals surface area contributed by atoms with Crippen LogP contribution in [-0.4, -0.2) is 21.9 Å². The number of hydrogen-bond donors (Lipinski definition) is 2. The van der Waals surface area contributed by atoms with Crippen LogP contribution in [-0.2, 0) is 4.79 Å². The Morgan fingerprint density at radius 1 is 0.840 bits per heavy atom. The van der Waals surface area contributed by atoms with E-state index in [1.807, 2.05) is 72.8 Å². The van der Waals surface area contributed by atoms with Crippen LogP contribution in [0.1, 0.15) is 6.42 Å². The maximum Gasteiger partial charge on any atom is 0.304 e. The van der Waals surface area contributed by atoms with Crippen LogP contribution in [0.15, 0.2) is 77.7 Å². The van der Waals surface area contributed by atoms with Crippen LogP contribution >= 0.6 is 11.8 Å². The fraction of sp³-hybridized carbons (Fsp3) is 0.0952. The summed E-state index contributed by atoms with van der Waals surface area (Å²) in [6, 6.07) is 23.3. The van der Waals surface area contributed by atoms with Gasteiger partial charge in [-0.1, -0.05) is 60.7 Å². The topological polar surface area (TPSA) is 57.5 Å². The molecule has 0 aliphatic heterocycles. The summed E-state index contributed by atoms with van der Waals surface area (Å²) >= 11 is 1.48. The second kappa shape index (κ2) is 7.90. The number of benzene rings is 3. The summed E-state index contributed by atoms with van der Waals surface area (Å²) in [7, 11) is 0. The molecular weight excluding hydrogens is 332 g/mol. The van der Waals surface area contributed by atoms with E-state index in [1.165, 1.54) is 11.8 Å². The van der Waals surface area contributed by atoms with Crippen molar-refractivity contribution in [1.82, 2.24) is 0 Å². The highest BCUT2D eigenvalue weighted by Crippen LogP contribution is 2.41. The summed E-state index contributed by atoms with van der Waals surface area (Å²) < 4.78 is 0. The molecule has 2 N–H and O–H groups in total. The number of aliphatic carboxylic acids is 1. The van der Waals surface area contributed by atoms with E-state index in [0.717, 1.165) is 27.1 Å². The fourth-order valence-electron chi connectivity index (χ4n) is 2.62. The van der Waals surface area contributed by atoms with Crippen molar-refractivity contribution in [2.24, 2.45) is 0 Å². The molecule has 0 unspecified atom stereocenters. The van der Waals surface area contributed by atoms with E-state index >= 15 is 0 Å². The van der Waals surface area contributed by atoms with Crippen LogP contribution in [0.2, 0.25) is 0 Å². The maximum absolute atomic E-state index is 10.8. The summed E-state index contributed by atoms with van der Waals surface area (Å²) in [4.78, 5) is 11.7. The van der Waals surface area contributed by atoms with E-state index in [9.17, 15) is 9.90 Å². The Labute approximate surface area is 151 Å². The molecule has 0 amide bonds. The van der Waals surface area contributed by atoms with Gasteiger partial charge in [0, 0.05) is 21.8 Å². The first kappa shape index (κ1) is 17.1. The highest BCUT2D eigenvalue weighted by Gasteiger charge is 2.14. The van der Waals surface area contributed by atoms with Crippen LogP contribution in [0.25, 0.3) is 22.3 Å². The number of carboxylic acids is 1. The molecule has 3 aromatic carbocycles. The van der Waals surface area contributed by atoms with Gasteiger partial charge >= 0.3 is 5.97 Å². The van der Waals surface area contributed by atoms with Gasteiger partial charge in [-0.05, 0) is 23.3 Å². The highest BCUT2D eigenvalue weighted by atomic mass is 32.2. The normalized spacial score (nSPS) is 10.6. The molecule has 25 heavy (non-hydrogen) atoms. The lowest BCUT2D eigenvalue weighted by atomic mass is 9.97. The monoisotopic (exact) mass is 350 g/mol. The zero-order valence-electron chi connectivity index (χ0n) is 13.6. The van der Waals surface area contributed by atoms with E-state index in [4.69, 9.17) is 5.11 Å². The number of hydrogen-bond acceptors (Lipinski definition) is 3. The molecule has 3 rings (SSSR count). The number of carboxylic acid groups (broad SMARTS) is 1. The molecule has 0 bridgehead atoms. The van der Waals surface area contributed by atoms with Gasteiger partial charge in [-0.3, -0.25) is 4.79 Å². The van der Waals surface area contributed by atoms with Crippen LogP contribution in [0, 0.1) is 0 Å². The van der Waals surface area contributed by atoms with Crippen molar-refractivity contribution in [2.75, 3.05) is 5.75 Å². The molecular formula is C21H18O3S. The minimum Gasteiger partial charge on any atom is -0.507 e. The van der Waals surface area contributed by atoms with Crippen molar-refractivity contribution < 1.29 is 15.0 Å². The Kier molecular flexibility index (Phi) is 5.41. The first-order valence-corrected chi connectivity index (χ1v) is 8.96. The fourth-order valence-corrected chi connectivity index (χ4v) is 3.54. The molecule has 0 heterocycles. The van der Waals surface area contributed by atoms with E-state index in [1.54, 1.807) is 0 Å². The lowest BCUT2D eigenvalue weighted by Crippen LogP contribution is -1.96. The predicted octanol–water partition coefficient (Wildman–Crippen LogP) is 5.29. The number of rotatable bonds is 6. The predicted molar refractivity (Wildman–Crippen MR) is 102 cm³/mol. The van der Waals surface area contributed by atoms with E-state index in [-0.39, 0.29) is 12.2 Å². The van der Waals surface area contributed by atoms with Crippen molar-refractivity contribution in [2.45, 2.75) is 11.3 Å². The van der Waals surface area contributed by atoms with Gasteiger partial charge in [-0.15, -0.1) is 11.8 Å². The Morgan fingerprint density at radius 2 is 1.32 bits per heavy atom. The van der Waals surface area contributed by atoms with Gasteiger partial charge in [-0.2, -0.15) is 0 Å². The molecule has 0 atom stereocenters. The third-order valence-electron chi connectivity index (χ3n) is 3.84. The van der Waals surface area contributed by atoms with Gasteiger partial charge in [0.2, 0.25) is 0 Å². The molecule has 0 saturated heterocycles. The quantitative estimate of drug-likeness (QED) is 0.593. The second-order valence-corrected chi connectivity index (χ2v) is 6.76. The molecule has 0 aliphatic carbocycles. The molecule has 4 heteroatoms. The van der Waals surface area contributed by atoms with Gasteiger partial charge in [0.25, 0.3) is 0 Å². The van der Waals surface area contributed by atoms with E-state index < -0.39 is 5.97 Å². The smallest absolute Gasteiger partial charge is 0.304 e. The number of thioether (sulfide) groups is 1. The van der Waals surface area contributed by atoms with Crippen molar-refractivity contribution >= 4 is 17.7 Å². The van der Waals surface area contributed by atoms with Crippen molar-refractivity contribution in [1.29, 1.82) is 0 Å². The molecule has 0 radical (unpaired) electrons. The Hall–Kier alpha value is -2.72. The van der Waals surface area contributed by atoms with Crippen molar-refractivity contribution in [3.8, 4) is 28.0 Å². The molecule has 3 nitrogen and oxygen atoms in total. The number of aromatic hydroxyl groups is 1. The summed E-state index contributed by atoms with van der Waals surface area (Å²) in [5.74, 6) is -0.0828. The third-order valence-corrected chi connectivity index (χ3v) is 4.81. The summed E-state index contributed by atoms with van der Waals surface area (Å²) in [6.45, 7) is 0. The molecule has 0 aliphatic rings. The summed E-state index contributed by atoms with van der Waals surface area (Å²) in [6.07, 6.45) is 0.104. The van der Waals surface area contributed by atoms with Gasteiger partial charge in [-0.25, -0.2) is 0 Å². The van der Waals surface area contributed by atoms with Gasteiger partial charge < -0.3 is 10.2 Å². The SMILES string of the molecule is O=C(O)CCSc1cc(-c2ccccc2)c(O)c(-c2ccccc2)c1. The average Bonchev–Trinajstić information content (AvgIpc) is 2.64. The van der Waals surface area contributed by atoms with Gasteiger partial charge in [0.15, 0.2) is 0 Å². The minimum absolute atomic E-state index is 0.104.